The Kier molecular flexibility index (Phi) is 7.26. The summed E-state index contributed by atoms with van der Waals surface area (Å²) in [5.41, 5.74) is 2.01. The number of rotatable bonds is 9. The second kappa shape index (κ2) is 10.3. The second-order valence-electron chi connectivity index (χ2n) is 6.72. The number of methoxy groups -OCH3 is 3. The van der Waals surface area contributed by atoms with Crippen molar-refractivity contribution in [3.63, 3.8) is 0 Å². The van der Waals surface area contributed by atoms with E-state index in [-0.39, 0.29) is 24.4 Å². The Morgan fingerprint density at radius 3 is 2.48 bits per heavy atom. The second-order valence-corrected chi connectivity index (χ2v) is 6.72. The normalized spacial score (nSPS) is 10.4. The molecule has 0 aliphatic heterocycles. The summed E-state index contributed by atoms with van der Waals surface area (Å²) >= 11 is 0. The van der Waals surface area contributed by atoms with E-state index in [0.717, 1.165) is 11.1 Å². The highest BCUT2D eigenvalue weighted by molar-refractivity contribution is 5.75. The molecule has 0 aliphatic rings. The van der Waals surface area contributed by atoms with Crippen LogP contribution in [0.5, 0.6) is 17.2 Å². The van der Waals surface area contributed by atoms with Gasteiger partial charge in [-0.05, 0) is 30.3 Å². The summed E-state index contributed by atoms with van der Waals surface area (Å²) in [6, 6.07) is 15.9. The molecule has 0 atom stereocenters. The third kappa shape index (κ3) is 5.63. The summed E-state index contributed by atoms with van der Waals surface area (Å²) in [7, 11) is 4.73. The van der Waals surface area contributed by atoms with E-state index in [0.29, 0.717) is 29.5 Å². The van der Waals surface area contributed by atoms with Crippen LogP contribution in [-0.2, 0) is 17.9 Å². The van der Waals surface area contributed by atoms with Gasteiger partial charge in [0.25, 0.3) is 5.56 Å². The van der Waals surface area contributed by atoms with Gasteiger partial charge < -0.3 is 19.5 Å². The largest absolute Gasteiger partial charge is 0.497 e. The minimum absolute atomic E-state index is 0.118. The standard InChI is InChI=1S/C23H25N3O5/c1-29-18-6-4-5-16(13-18)20-9-10-23(28)26(25-20)12-11-22(27)24-15-17-7-8-19(30-2)14-21(17)31-3/h4-10,13-14H,11-12,15H2,1-3H3,(H,24,27). The molecule has 3 aromatic rings. The van der Waals surface area contributed by atoms with Crippen molar-refractivity contribution in [2.45, 2.75) is 19.5 Å². The molecule has 31 heavy (non-hydrogen) atoms. The van der Waals surface area contributed by atoms with Crippen LogP contribution >= 0.6 is 0 Å². The molecule has 0 saturated heterocycles. The van der Waals surface area contributed by atoms with Gasteiger partial charge in [0, 0.05) is 36.2 Å². The molecule has 1 N–H and O–H groups in total. The zero-order chi connectivity index (χ0) is 22.2. The summed E-state index contributed by atoms with van der Waals surface area (Å²) in [6.45, 7) is 0.473. The van der Waals surface area contributed by atoms with Crippen LogP contribution in [0.1, 0.15) is 12.0 Å². The average molecular weight is 423 g/mol. The highest BCUT2D eigenvalue weighted by Gasteiger charge is 2.09. The fourth-order valence-electron chi connectivity index (χ4n) is 3.03. The lowest BCUT2D eigenvalue weighted by molar-refractivity contribution is -0.121. The molecule has 8 heteroatoms. The first-order valence-electron chi connectivity index (χ1n) is 9.74. The number of aryl methyl sites for hydroxylation is 1. The molecule has 0 unspecified atom stereocenters. The summed E-state index contributed by atoms with van der Waals surface area (Å²) in [6.07, 6.45) is 0.118. The van der Waals surface area contributed by atoms with Gasteiger partial charge in [-0.2, -0.15) is 5.10 Å². The number of nitrogens with zero attached hydrogens (tertiary/aromatic N) is 2. The molecule has 0 radical (unpaired) electrons. The number of carbonyl (C=O) groups is 1. The highest BCUT2D eigenvalue weighted by atomic mass is 16.5. The van der Waals surface area contributed by atoms with Crippen LogP contribution in [0.4, 0.5) is 0 Å². The minimum atomic E-state index is -0.267. The van der Waals surface area contributed by atoms with Crippen molar-refractivity contribution >= 4 is 5.91 Å². The lowest BCUT2D eigenvalue weighted by Crippen LogP contribution is -2.28. The Balaban J connectivity index is 1.63. The van der Waals surface area contributed by atoms with E-state index in [4.69, 9.17) is 14.2 Å². The van der Waals surface area contributed by atoms with Crippen LogP contribution in [0.2, 0.25) is 0 Å². The molecule has 0 spiro atoms. The van der Waals surface area contributed by atoms with Crippen molar-refractivity contribution in [1.29, 1.82) is 0 Å². The summed E-state index contributed by atoms with van der Waals surface area (Å²) < 4.78 is 17.0. The maximum Gasteiger partial charge on any atom is 0.266 e. The molecule has 0 saturated carbocycles. The number of ether oxygens (including phenoxy) is 3. The monoisotopic (exact) mass is 423 g/mol. The van der Waals surface area contributed by atoms with Crippen LogP contribution in [0.15, 0.2) is 59.4 Å². The first-order chi connectivity index (χ1) is 15.0. The third-order valence-electron chi connectivity index (χ3n) is 4.75. The molecule has 1 amide bonds. The van der Waals surface area contributed by atoms with E-state index < -0.39 is 0 Å². The molecule has 2 aromatic carbocycles. The maximum atomic E-state index is 12.3. The molecule has 0 aliphatic carbocycles. The fourth-order valence-corrected chi connectivity index (χ4v) is 3.03. The Morgan fingerprint density at radius 1 is 0.968 bits per heavy atom. The van der Waals surface area contributed by atoms with Gasteiger partial charge in [-0.15, -0.1) is 0 Å². The van der Waals surface area contributed by atoms with Gasteiger partial charge in [-0.3, -0.25) is 9.59 Å². The van der Waals surface area contributed by atoms with Crippen LogP contribution in [0.25, 0.3) is 11.3 Å². The predicted octanol–water partition coefficient (Wildman–Crippen LogP) is 2.64. The van der Waals surface area contributed by atoms with Gasteiger partial charge in [-0.25, -0.2) is 4.68 Å². The van der Waals surface area contributed by atoms with Gasteiger partial charge in [0.15, 0.2) is 0 Å². The number of benzene rings is 2. The molecular formula is C23H25N3O5. The first kappa shape index (κ1) is 21.9. The van der Waals surface area contributed by atoms with Gasteiger partial charge in [-0.1, -0.05) is 12.1 Å². The summed E-state index contributed by atoms with van der Waals surface area (Å²) in [4.78, 5) is 24.5. The van der Waals surface area contributed by atoms with Crippen molar-refractivity contribution in [2.24, 2.45) is 0 Å². The highest BCUT2D eigenvalue weighted by Crippen LogP contribution is 2.24. The number of hydrogen-bond donors (Lipinski definition) is 1. The van der Waals surface area contributed by atoms with Crippen LogP contribution < -0.4 is 25.1 Å². The minimum Gasteiger partial charge on any atom is -0.497 e. The first-order valence-corrected chi connectivity index (χ1v) is 9.74. The zero-order valence-corrected chi connectivity index (χ0v) is 17.8. The average Bonchev–Trinajstić information content (AvgIpc) is 2.82. The molecular weight excluding hydrogens is 398 g/mol. The van der Waals surface area contributed by atoms with Gasteiger partial charge >= 0.3 is 0 Å². The zero-order valence-electron chi connectivity index (χ0n) is 17.8. The number of hydrogen-bond acceptors (Lipinski definition) is 6. The van der Waals surface area contributed by atoms with Crippen molar-refractivity contribution in [2.75, 3.05) is 21.3 Å². The Hall–Kier alpha value is -3.81. The van der Waals surface area contributed by atoms with E-state index >= 15 is 0 Å². The van der Waals surface area contributed by atoms with E-state index in [1.165, 1.54) is 10.7 Å². The SMILES string of the molecule is COc1cccc(-c2ccc(=O)n(CCC(=O)NCc3ccc(OC)cc3OC)n2)c1. The number of nitrogens with one attached hydrogen (secondary N) is 1. The summed E-state index contributed by atoms with van der Waals surface area (Å²) in [5, 5.41) is 7.23. The van der Waals surface area contributed by atoms with Gasteiger partial charge in [0.05, 0.1) is 33.6 Å². The maximum absolute atomic E-state index is 12.3. The van der Waals surface area contributed by atoms with E-state index in [2.05, 4.69) is 10.4 Å². The molecule has 0 fully saturated rings. The Labute approximate surface area is 180 Å². The Morgan fingerprint density at radius 2 is 1.74 bits per heavy atom. The topological polar surface area (TPSA) is 91.7 Å². The molecule has 162 valence electrons. The number of carbonyl (C=O) groups excluding carboxylic acids is 1. The lowest BCUT2D eigenvalue weighted by Gasteiger charge is -2.12. The van der Waals surface area contributed by atoms with Gasteiger partial charge in [0.2, 0.25) is 5.91 Å². The van der Waals surface area contributed by atoms with Crippen molar-refractivity contribution in [3.8, 4) is 28.5 Å². The van der Waals surface area contributed by atoms with Crippen molar-refractivity contribution in [1.82, 2.24) is 15.1 Å². The van der Waals surface area contributed by atoms with E-state index in [1.807, 2.05) is 30.3 Å². The molecule has 8 nitrogen and oxygen atoms in total. The quantitative estimate of drug-likeness (QED) is 0.569. The van der Waals surface area contributed by atoms with Crippen LogP contribution in [-0.4, -0.2) is 37.0 Å². The number of aromatic nitrogens is 2. The lowest BCUT2D eigenvalue weighted by atomic mass is 10.1. The van der Waals surface area contributed by atoms with Crippen molar-refractivity contribution in [3.05, 3.63) is 70.5 Å². The summed E-state index contributed by atoms with van der Waals surface area (Å²) in [5.74, 6) is 1.81. The van der Waals surface area contributed by atoms with Crippen LogP contribution in [0, 0.1) is 0 Å². The predicted molar refractivity (Wildman–Crippen MR) is 116 cm³/mol. The Bertz CT molecular complexity index is 1110. The third-order valence-corrected chi connectivity index (χ3v) is 4.75. The van der Waals surface area contributed by atoms with Crippen LogP contribution in [0.3, 0.4) is 0 Å². The van der Waals surface area contributed by atoms with E-state index in [9.17, 15) is 9.59 Å². The smallest absolute Gasteiger partial charge is 0.266 e. The van der Waals surface area contributed by atoms with Crippen molar-refractivity contribution < 1.29 is 19.0 Å². The molecule has 3 rings (SSSR count). The number of amides is 1. The van der Waals surface area contributed by atoms with Gasteiger partial charge in [0.1, 0.15) is 17.2 Å². The molecule has 0 bridgehead atoms. The molecule has 1 heterocycles. The fraction of sp³-hybridized carbons (Fsp3) is 0.261. The molecule has 1 aromatic heterocycles. The van der Waals surface area contributed by atoms with E-state index in [1.54, 1.807) is 39.5 Å².